The predicted octanol–water partition coefficient (Wildman–Crippen LogP) is 7.27. The van der Waals surface area contributed by atoms with Crippen LogP contribution in [-0.4, -0.2) is 97.0 Å². The Bertz CT molecular complexity index is 2390. The number of methoxy groups -OCH3 is 2. The average Bonchev–Trinajstić information content (AvgIpc) is 3.71. The Labute approximate surface area is 398 Å². The first-order valence-corrected chi connectivity index (χ1v) is 23.3. The normalized spacial score (nSPS) is 16.2. The number of anilines is 1. The maximum atomic E-state index is 14.0. The Balaban J connectivity index is 1.65. The molecular weight excluding hydrogens is 894 g/mol. The topological polar surface area (TPSA) is 199 Å². The van der Waals surface area contributed by atoms with E-state index in [1.54, 1.807) is 14.2 Å². The summed E-state index contributed by atoms with van der Waals surface area (Å²) >= 11 is 0. The monoisotopic (exact) mass is 953 g/mol. The highest BCUT2D eigenvalue weighted by Gasteiger charge is 2.45. The summed E-state index contributed by atoms with van der Waals surface area (Å²) < 4.78 is 52.3. The van der Waals surface area contributed by atoms with Gasteiger partial charge in [0.05, 0.1) is 57.5 Å². The minimum atomic E-state index is -1.81. The zero-order valence-electron chi connectivity index (χ0n) is 39.9. The van der Waals surface area contributed by atoms with Crippen molar-refractivity contribution in [2.45, 2.75) is 97.4 Å². The van der Waals surface area contributed by atoms with Gasteiger partial charge < -0.3 is 42.8 Å². The van der Waals surface area contributed by atoms with Crippen LogP contribution in [0.4, 0.5) is 5.82 Å². The summed E-state index contributed by atoms with van der Waals surface area (Å²) in [7, 11) is 1.40. The molecule has 1 aromatic heterocycles. The van der Waals surface area contributed by atoms with Gasteiger partial charge in [0.2, 0.25) is 5.91 Å². The van der Waals surface area contributed by atoms with Crippen LogP contribution in [0.2, 0.25) is 0 Å². The number of hydrogen-bond donors (Lipinski definition) is 1. The van der Waals surface area contributed by atoms with Crippen molar-refractivity contribution in [3.05, 3.63) is 118 Å². The number of hydrogen-bond acceptors (Lipinski definition) is 15. The van der Waals surface area contributed by atoms with Crippen LogP contribution in [0.1, 0.15) is 89.8 Å². The zero-order valence-corrected chi connectivity index (χ0v) is 40.8. The van der Waals surface area contributed by atoms with Gasteiger partial charge in [0.25, 0.3) is 8.53 Å². The molecule has 1 aliphatic rings. The lowest BCUT2D eigenvalue weighted by molar-refractivity contribution is -0.145. The van der Waals surface area contributed by atoms with E-state index in [2.05, 4.69) is 32.9 Å². The van der Waals surface area contributed by atoms with E-state index in [1.165, 1.54) is 31.5 Å². The van der Waals surface area contributed by atoms with Crippen LogP contribution in [0, 0.1) is 29.1 Å². The largest absolute Gasteiger partial charge is 0.497 e. The van der Waals surface area contributed by atoms with Crippen LogP contribution < -0.4 is 20.5 Å². The second kappa shape index (κ2) is 25.3. The van der Waals surface area contributed by atoms with E-state index in [9.17, 15) is 24.4 Å². The number of nitrogens with one attached hydrogen (secondary N) is 1. The molecule has 17 nitrogen and oxygen atoms in total. The number of carbonyl (C=O) groups excluding carboxylic acids is 3. The van der Waals surface area contributed by atoms with Crippen molar-refractivity contribution in [2.24, 2.45) is 5.92 Å². The molecule has 4 unspecified atom stereocenters. The van der Waals surface area contributed by atoms with Crippen LogP contribution in [0.15, 0.2) is 89.9 Å². The molecule has 0 bridgehead atoms. The lowest BCUT2D eigenvalue weighted by atomic mass is 9.80. The highest BCUT2D eigenvalue weighted by atomic mass is 31.2. The first-order valence-electron chi connectivity index (χ1n) is 22.2. The molecule has 3 aromatic carbocycles. The highest BCUT2D eigenvalue weighted by Crippen LogP contribution is 2.51. The maximum Gasteiger partial charge on any atom is 0.351 e. The lowest BCUT2D eigenvalue weighted by Crippen LogP contribution is -2.39. The Morgan fingerprint density at radius 2 is 1.44 bits per heavy atom. The fourth-order valence-corrected chi connectivity index (χ4v) is 9.36. The van der Waals surface area contributed by atoms with Gasteiger partial charge in [-0.2, -0.15) is 10.2 Å². The number of esters is 2. The number of ether oxygens (including phenoxy) is 6. The van der Waals surface area contributed by atoms with Crippen molar-refractivity contribution in [3.63, 3.8) is 0 Å². The molecular formula is C50H60N5O12P. The Hall–Kier alpha value is -6.17. The Kier molecular flexibility index (Phi) is 19.6. The fourth-order valence-electron chi connectivity index (χ4n) is 7.60. The molecule has 2 heterocycles. The minimum Gasteiger partial charge on any atom is -0.497 e. The van der Waals surface area contributed by atoms with Gasteiger partial charge in [0.1, 0.15) is 42.6 Å². The predicted molar refractivity (Wildman–Crippen MR) is 253 cm³/mol. The van der Waals surface area contributed by atoms with Gasteiger partial charge in [0, 0.05) is 45.5 Å². The number of nitriles is 1. The molecule has 1 saturated heterocycles. The molecule has 362 valence electrons. The van der Waals surface area contributed by atoms with E-state index in [0.717, 1.165) is 16.7 Å². The van der Waals surface area contributed by atoms with Gasteiger partial charge in [-0.3, -0.25) is 19.0 Å². The van der Waals surface area contributed by atoms with E-state index in [0.29, 0.717) is 11.5 Å². The molecule has 0 aliphatic carbocycles. The fraction of sp³-hybridized carbons (Fsp3) is 0.440. The summed E-state index contributed by atoms with van der Waals surface area (Å²) in [5.74, 6) is 4.72. The van der Waals surface area contributed by atoms with Crippen molar-refractivity contribution >= 4 is 32.2 Å². The smallest absolute Gasteiger partial charge is 0.351 e. The molecule has 68 heavy (non-hydrogen) atoms. The number of rotatable bonds is 22. The van der Waals surface area contributed by atoms with Gasteiger partial charge >= 0.3 is 17.6 Å². The van der Waals surface area contributed by atoms with Crippen molar-refractivity contribution in [1.29, 1.82) is 5.26 Å². The molecule has 0 spiro atoms. The van der Waals surface area contributed by atoms with Crippen LogP contribution in [0.5, 0.6) is 11.5 Å². The van der Waals surface area contributed by atoms with Gasteiger partial charge in [-0.25, -0.2) is 9.46 Å². The van der Waals surface area contributed by atoms with E-state index >= 15 is 0 Å². The molecule has 1 N–H and O–H groups in total. The third-order valence-corrected chi connectivity index (χ3v) is 12.8. The van der Waals surface area contributed by atoms with Crippen LogP contribution in [0.3, 0.4) is 0 Å². The quantitative estimate of drug-likeness (QED) is 0.0271. The Morgan fingerprint density at radius 3 is 1.94 bits per heavy atom. The molecule has 0 saturated carbocycles. The van der Waals surface area contributed by atoms with Gasteiger partial charge in [-0.1, -0.05) is 66.4 Å². The third kappa shape index (κ3) is 14.0. The summed E-state index contributed by atoms with van der Waals surface area (Å²) in [4.78, 5) is 54.0. The molecule has 1 aliphatic heterocycles. The second-order valence-corrected chi connectivity index (χ2v) is 17.7. The number of amides is 1. The molecule has 0 radical (unpaired) electrons. The molecule has 1 amide bonds. The molecule has 5 rings (SSSR count). The number of benzene rings is 3. The first-order chi connectivity index (χ1) is 32.6. The van der Waals surface area contributed by atoms with E-state index in [4.69, 9.17) is 37.5 Å². The van der Waals surface area contributed by atoms with Crippen molar-refractivity contribution < 1.29 is 51.9 Å². The molecule has 18 heteroatoms. The van der Waals surface area contributed by atoms with Gasteiger partial charge in [-0.15, -0.1) is 0 Å². The van der Waals surface area contributed by atoms with Crippen LogP contribution >= 0.6 is 8.53 Å². The van der Waals surface area contributed by atoms with Crippen LogP contribution in [0.25, 0.3) is 0 Å². The second-order valence-electron chi connectivity index (χ2n) is 16.3. The number of aromatic nitrogens is 2. The summed E-state index contributed by atoms with van der Waals surface area (Å²) in [5.41, 5.74) is 0.520. The van der Waals surface area contributed by atoms with Crippen molar-refractivity contribution in [2.75, 3.05) is 46.0 Å². The molecule has 4 aromatic rings. The lowest BCUT2D eigenvalue weighted by Gasteiger charge is -2.39. The molecule has 4 atom stereocenters. The first kappa shape index (κ1) is 52.8. The minimum absolute atomic E-state index is 0.0216. The highest BCUT2D eigenvalue weighted by molar-refractivity contribution is 7.44. The van der Waals surface area contributed by atoms with E-state index < -0.39 is 62.0 Å². The summed E-state index contributed by atoms with van der Waals surface area (Å²) in [6.07, 6.45) is -0.941. The van der Waals surface area contributed by atoms with Crippen molar-refractivity contribution in [3.8, 4) is 29.4 Å². The standard InChI is InChI=1S/C50H60N5O12P/c1-33(2)55(34(3)4)68(65-27-13-26-51)67-45-28-47(54-29-39(48(52-35(5)56)53-49(54)59)17-16-38(30-62-36(6)57)31-63-37(7)58)66-46(45)32-64-50(40-14-11-10-12-15-40,41-18-22-43(60-8)23-19-41)42-20-24-44(61-9)25-21-42/h10-12,14-15,18-25,29,33-34,38,45-47H,13,27-28,30-32H2,1-9H3,(H,52,53,56,59). The Morgan fingerprint density at radius 1 is 0.882 bits per heavy atom. The average molecular weight is 954 g/mol. The summed E-state index contributed by atoms with van der Waals surface area (Å²) in [6, 6.07) is 27.1. The maximum absolute atomic E-state index is 14.0. The van der Waals surface area contributed by atoms with E-state index in [-0.39, 0.29) is 62.7 Å². The van der Waals surface area contributed by atoms with Crippen molar-refractivity contribution in [1.82, 2.24) is 14.2 Å². The third-order valence-electron chi connectivity index (χ3n) is 10.6. The van der Waals surface area contributed by atoms with Gasteiger partial charge in [-0.05, 0) is 68.7 Å². The van der Waals surface area contributed by atoms with Crippen LogP contribution in [-0.2, 0) is 48.0 Å². The number of carbonyl (C=O) groups is 3. The SMILES string of the molecule is COc1ccc(C(OCC2OC(n3cc(C#CC(COC(C)=O)COC(C)=O)c(NC(C)=O)nc3=O)CC2OP(OCCC#N)N(C(C)C)C(C)C)(c2ccccc2)c2ccc(OC)cc2)cc1. The molecule has 1 fully saturated rings. The van der Waals surface area contributed by atoms with E-state index in [1.807, 2.05) is 107 Å². The summed E-state index contributed by atoms with van der Waals surface area (Å²) in [5, 5.41) is 12.0. The summed E-state index contributed by atoms with van der Waals surface area (Å²) in [6.45, 7) is 11.6. The zero-order chi connectivity index (χ0) is 49.4. The number of nitrogens with zero attached hydrogens (tertiary/aromatic N) is 4. The van der Waals surface area contributed by atoms with Gasteiger partial charge in [0.15, 0.2) is 5.82 Å².